The number of nitrogens with one attached hydrogen (secondary N) is 1. The summed E-state index contributed by atoms with van der Waals surface area (Å²) in [4.78, 5) is 14.9. The first-order valence-electron chi connectivity index (χ1n) is 10.6. The maximum Gasteiger partial charge on any atom is 0.416 e. The Kier molecular flexibility index (Phi) is 6.65. The predicted octanol–water partition coefficient (Wildman–Crippen LogP) is 5.74. The van der Waals surface area contributed by atoms with Crippen molar-refractivity contribution in [3.05, 3.63) is 34.9 Å². The standard InChI is InChI=1S/C22H28F6N2O/c1-14(2)4-3-7-30-8-5-20(6-9-30)13-18(20)29-19(31)15-10-16(21(23,24)25)12-17(11-15)22(26,27)28/h10-12,14,18H,3-9,13H2,1-2H3,(H,29,31)/t18-/m0/s1. The van der Waals surface area contributed by atoms with Gasteiger partial charge in [-0.15, -0.1) is 0 Å². The molecule has 1 spiro atoms. The van der Waals surface area contributed by atoms with Gasteiger partial charge in [-0.25, -0.2) is 0 Å². The maximum atomic E-state index is 13.0. The zero-order chi connectivity index (χ0) is 23.0. The molecule has 1 aliphatic carbocycles. The van der Waals surface area contributed by atoms with Crippen LogP contribution in [0.3, 0.4) is 0 Å². The van der Waals surface area contributed by atoms with Gasteiger partial charge in [0, 0.05) is 11.6 Å². The molecule has 3 nitrogen and oxygen atoms in total. The number of hydrogen-bond donors (Lipinski definition) is 1. The molecule has 1 saturated carbocycles. The third-order valence-electron chi connectivity index (χ3n) is 6.45. The Morgan fingerprint density at radius 1 is 1.06 bits per heavy atom. The third-order valence-corrected chi connectivity index (χ3v) is 6.45. The lowest BCUT2D eigenvalue weighted by Crippen LogP contribution is -2.39. The number of amides is 1. The van der Waals surface area contributed by atoms with E-state index in [1.165, 1.54) is 0 Å². The Bertz CT molecular complexity index is 762. The van der Waals surface area contributed by atoms with Crippen LogP contribution in [0.25, 0.3) is 0 Å². The van der Waals surface area contributed by atoms with Gasteiger partial charge >= 0.3 is 12.4 Å². The van der Waals surface area contributed by atoms with Crippen LogP contribution in [0.15, 0.2) is 18.2 Å². The molecule has 0 radical (unpaired) electrons. The number of nitrogens with zero attached hydrogens (tertiary/aromatic N) is 1. The smallest absolute Gasteiger partial charge is 0.349 e. The first kappa shape index (κ1) is 23.9. The van der Waals surface area contributed by atoms with Gasteiger partial charge in [-0.1, -0.05) is 13.8 Å². The largest absolute Gasteiger partial charge is 0.416 e. The summed E-state index contributed by atoms with van der Waals surface area (Å²) in [5.41, 5.74) is -3.66. The van der Waals surface area contributed by atoms with E-state index in [4.69, 9.17) is 0 Å². The highest BCUT2D eigenvalue weighted by atomic mass is 19.4. The van der Waals surface area contributed by atoms with Gasteiger partial charge in [0.1, 0.15) is 0 Å². The lowest BCUT2D eigenvalue weighted by molar-refractivity contribution is -0.143. The van der Waals surface area contributed by atoms with Crippen molar-refractivity contribution in [2.45, 2.75) is 64.3 Å². The van der Waals surface area contributed by atoms with E-state index >= 15 is 0 Å². The first-order chi connectivity index (χ1) is 14.3. The molecule has 1 N–H and O–H groups in total. The summed E-state index contributed by atoms with van der Waals surface area (Å²) in [5, 5.41) is 2.67. The second-order valence-corrected chi connectivity index (χ2v) is 9.26. The van der Waals surface area contributed by atoms with Gasteiger partial charge in [0.2, 0.25) is 0 Å². The fraction of sp³-hybridized carbons (Fsp3) is 0.682. The Hall–Kier alpha value is -1.77. The van der Waals surface area contributed by atoms with Crippen LogP contribution >= 0.6 is 0 Å². The van der Waals surface area contributed by atoms with E-state index < -0.39 is 35.0 Å². The minimum atomic E-state index is -4.97. The molecule has 1 amide bonds. The average molecular weight is 450 g/mol. The van der Waals surface area contributed by atoms with Crippen LogP contribution in [-0.4, -0.2) is 36.5 Å². The van der Waals surface area contributed by atoms with Crippen molar-refractivity contribution in [2.75, 3.05) is 19.6 Å². The zero-order valence-corrected chi connectivity index (χ0v) is 17.7. The van der Waals surface area contributed by atoms with Crippen LogP contribution in [0.2, 0.25) is 0 Å². The third kappa shape index (κ3) is 5.93. The molecule has 1 aromatic carbocycles. The molecule has 1 atom stereocenters. The SMILES string of the molecule is CC(C)CCCN1CCC2(CC1)C[C@@H]2NC(=O)c1cc(C(F)(F)F)cc(C(F)(F)F)c1. The zero-order valence-electron chi connectivity index (χ0n) is 17.7. The second kappa shape index (κ2) is 8.64. The van der Waals surface area contributed by atoms with Gasteiger partial charge in [-0.3, -0.25) is 4.79 Å². The first-order valence-corrected chi connectivity index (χ1v) is 10.6. The van der Waals surface area contributed by atoms with E-state index in [0.29, 0.717) is 24.5 Å². The number of rotatable bonds is 6. The minimum absolute atomic E-state index is 0.0321. The Morgan fingerprint density at radius 3 is 2.10 bits per heavy atom. The molecule has 9 heteroatoms. The summed E-state index contributed by atoms with van der Waals surface area (Å²) in [6, 6.07) is 0.792. The molecule has 0 unspecified atom stereocenters. The number of hydrogen-bond acceptors (Lipinski definition) is 2. The molecule has 0 aromatic heterocycles. The number of piperidine rings is 1. The highest BCUT2D eigenvalue weighted by Gasteiger charge is 2.55. The lowest BCUT2D eigenvalue weighted by Gasteiger charge is -2.33. The average Bonchev–Trinajstić information content (AvgIpc) is 3.32. The highest BCUT2D eigenvalue weighted by Crippen LogP contribution is 2.54. The summed E-state index contributed by atoms with van der Waals surface area (Å²) in [5.74, 6) is -0.231. The van der Waals surface area contributed by atoms with Crippen LogP contribution in [-0.2, 0) is 12.4 Å². The number of halogens is 6. The van der Waals surface area contributed by atoms with Crippen LogP contribution in [0.4, 0.5) is 26.3 Å². The van der Waals surface area contributed by atoms with E-state index in [9.17, 15) is 31.1 Å². The van der Waals surface area contributed by atoms with Crippen molar-refractivity contribution in [3.8, 4) is 0 Å². The molecule has 1 heterocycles. The molecule has 0 bridgehead atoms. The second-order valence-electron chi connectivity index (χ2n) is 9.26. The number of carbonyl (C=O) groups is 1. The van der Waals surface area contributed by atoms with Crippen LogP contribution in [0, 0.1) is 11.3 Å². The molecule has 2 fully saturated rings. The van der Waals surface area contributed by atoms with Gasteiger partial charge in [-0.05, 0) is 81.3 Å². The predicted molar refractivity (Wildman–Crippen MR) is 104 cm³/mol. The number of benzene rings is 1. The molecule has 1 aromatic rings. The Morgan fingerprint density at radius 2 is 1.61 bits per heavy atom. The van der Waals surface area contributed by atoms with Crippen molar-refractivity contribution >= 4 is 5.91 Å². The summed E-state index contributed by atoms with van der Waals surface area (Å²) in [6.45, 7) is 7.18. The van der Waals surface area contributed by atoms with Crippen LogP contribution < -0.4 is 5.32 Å². The molecule has 174 valence electrons. The van der Waals surface area contributed by atoms with Crippen molar-refractivity contribution in [1.82, 2.24) is 10.2 Å². The quantitative estimate of drug-likeness (QED) is 0.560. The van der Waals surface area contributed by atoms with E-state index in [1.807, 2.05) is 0 Å². The van der Waals surface area contributed by atoms with E-state index in [2.05, 4.69) is 24.1 Å². The van der Waals surface area contributed by atoms with Gasteiger partial charge < -0.3 is 10.2 Å². The van der Waals surface area contributed by atoms with Crippen molar-refractivity contribution < 1.29 is 31.1 Å². The molecule has 1 aliphatic heterocycles. The summed E-state index contributed by atoms with van der Waals surface area (Å²) in [7, 11) is 0. The van der Waals surface area contributed by atoms with Crippen molar-refractivity contribution in [1.29, 1.82) is 0 Å². The topological polar surface area (TPSA) is 32.3 Å². The number of likely N-dealkylation sites (tertiary alicyclic amines) is 1. The Labute approximate surface area is 178 Å². The molecule has 31 heavy (non-hydrogen) atoms. The normalized spacial score (nSPS) is 21.5. The van der Waals surface area contributed by atoms with E-state index in [-0.39, 0.29) is 17.5 Å². The van der Waals surface area contributed by atoms with Gasteiger partial charge in [0.05, 0.1) is 11.1 Å². The summed E-state index contributed by atoms with van der Waals surface area (Å²) < 4.78 is 78.2. The van der Waals surface area contributed by atoms with E-state index in [1.54, 1.807) is 0 Å². The van der Waals surface area contributed by atoms with Crippen LogP contribution in [0.1, 0.15) is 67.4 Å². The molecular weight excluding hydrogens is 422 g/mol. The van der Waals surface area contributed by atoms with Crippen LogP contribution in [0.5, 0.6) is 0 Å². The van der Waals surface area contributed by atoms with Gasteiger partial charge in [0.15, 0.2) is 0 Å². The molecule has 2 aliphatic rings. The minimum Gasteiger partial charge on any atom is -0.349 e. The fourth-order valence-corrected chi connectivity index (χ4v) is 4.38. The summed E-state index contributed by atoms with van der Waals surface area (Å²) in [6.07, 6.45) is -5.20. The fourth-order valence-electron chi connectivity index (χ4n) is 4.38. The highest BCUT2D eigenvalue weighted by molar-refractivity contribution is 5.95. The number of carbonyl (C=O) groups excluding carboxylic acids is 1. The van der Waals surface area contributed by atoms with Gasteiger partial charge in [-0.2, -0.15) is 26.3 Å². The monoisotopic (exact) mass is 450 g/mol. The molecule has 3 rings (SSSR count). The molecular formula is C22H28F6N2O. The Balaban J connectivity index is 1.61. The number of alkyl halides is 6. The van der Waals surface area contributed by atoms with Gasteiger partial charge in [0.25, 0.3) is 5.91 Å². The van der Waals surface area contributed by atoms with E-state index in [0.717, 1.165) is 45.3 Å². The maximum absolute atomic E-state index is 13.0. The van der Waals surface area contributed by atoms with Crippen molar-refractivity contribution in [3.63, 3.8) is 0 Å². The lowest BCUT2D eigenvalue weighted by atomic mass is 9.92. The van der Waals surface area contributed by atoms with Crippen molar-refractivity contribution in [2.24, 2.45) is 11.3 Å². The summed E-state index contributed by atoms with van der Waals surface area (Å²) >= 11 is 0. The molecule has 1 saturated heterocycles.